The topological polar surface area (TPSA) is 70.0 Å². The van der Waals surface area contributed by atoms with Gasteiger partial charge < -0.3 is 18.8 Å². The summed E-state index contributed by atoms with van der Waals surface area (Å²) in [6.07, 6.45) is 2.60. The van der Waals surface area contributed by atoms with Crippen molar-refractivity contribution in [1.29, 1.82) is 0 Å². The van der Waals surface area contributed by atoms with Gasteiger partial charge in [-0.3, -0.25) is 9.69 Å². The maximum atomic E-state index is 14.3. The van der Waals surface area contributed by atoms with Gasteiger partial charge in [0.2, 0.25) is 5.43 Å². The van der Waals surface area contributed by atoms with Gasteiger partial charge in [0.15, 0.2) is 0 Å². The Morgan fingerprint density at radius 3 is 2.27 bits per heavy atom. The van der Waals surface area contributed by atoms with Gasteiger partial charge in [-0.1, -0.05) is 55.5 Å². The van der Waals surface area contributed by atoms with Gasteiger partial charge in [0.25, 0.3) is 0 Å². The lowest BCUT2D eigenvalue weighted by Gasteiger charge is -2.22. The van der Waals surface area contributed by atoms with Crippen molar-refractivity contribution in [2.45, 2.75) is 39.9 Å². The number of ether oxygens (including phenoxy) is 3. The molecule has 45 heavy (non-hydrogen) atoms. The number of hydrogen-bond donors (Lipinski definition) is 0. The standard InChI is InChI=1S/C36H38N2O5S.ClH/c1-5-20-37(21-25-12-8-7-9-13-25)23-29-32-33(39)30(36(40)43-6-2)24-38(22-27-14-10-11-15-31(27)42-4)35(32)44-34(29)26-16-18-28(41-3)19-17-26;/h7-19,24H,5-6,20-23H2,1-4H3;1H. The molecule has 0 N–H and O–H groups in total. The first-order chi connectivity index (χ1) is 21.5. The van der Waals surface area contributed by atoms with Crippen molar-refractivity contribution >= 4 is 39.9 Å². The molecule has 0 bridgehead atoms. The third-order valence-electron chi connectivity index (χ3n) is 7.56. The molecule has 0 fully saturated rings. The molecule has 236 valence electrons. The van der Waals surface area contributed by atoms with E-state index in [1.54, 1.807) is 38.7 Å². The van der Waals surface area contributed by atoms with E-state index in [9.17, 15) is 9.59 Å². The van der Waals surface area contributed by atoms with Crippen molar-refractivity contribution < 1.29 is 19.0 Å². The minimum atomic E-state index is -0.619. The Morgan fingerprint density at radius 2 is 1.60 bits per heavy atom. The Bertz CT molecular complexity index is 1780. The van der Waals surface area contributed by atoms with Crippen LogP contribution in [-0.4, -0.2) is 42.8 Å². The summed E-state index contributed by atoms with van der Waals surface area (Å²) in [4.78, 5) is 31.6. The normalized spacial score (nSPS) is 11.0. The van der Waals surface area contributed by atoms with Gasteiger partial charge in [-0.25, -0.2) is 4.79 Å². The summed E-state index contributed by atoms with van der Waals surface area (Å²) >= 11 is 1.57. The quantitative estimate of drug-likeness (QED) is 0.122. The molecule has 5 rings (SSSR count). The van der Waals surface area contributed by atoms with Gasteiger partial charge >= 0.3 is 5.97 Å². The number of methoxy groups -OCH3 is 2. The van der Waals surface area contributed by atoms with Crippen molar-refractivity contribution in [2.24, 2.45) is 0 Å². The van der Waals surface area contributed by atoms with Crippen LogP contribution in [0.1, 0.15) is 47.3 Å². The molecular formula is C36H39ClN2O5S. The number of thiophene rings is 1. The highest BCUT2D eigenvalue weighted by molar-refractivity contribution is 7.22. The number of fused-ring (bicyclic) bond motifs is 1. The van der Waals surface area contributed by atoms with Crippen LogP contribution < -0.4 is 14.9 Å². The number of pyridine rings is 1. The first-order valence-corrected chi connectivity index (χ1v) is 15.7. The number of esters is 1. The van der Waals surface area contributed by atoms with Crippen molar-refractivity contribution in [3.05, 3.63) is 118 Å². The highest BCUT2D eigenvalue weighted by Gasteiger charge is 2.25. The molecule has 9 heteroatoms. The highest BCUT2D eigenvalue weighted by Crippen LogP contribution is 2.40. The third-order valence-corrected chi connectivity index (χ3v) is 8.88. The molecule has 0 radical (unpaired) electrons. The number of benzene rings is 3. The molecule has 2 aromatic heterocycles. The Hall–Kier alpha value is -4.11. The first-order valence-electron chi connectivity index (χ1n) is 14.9. The monoisotopic (exact) mass is 646 g/mol. The van der Waals surface area contributed by atoms with Gasteiger partial charge in [-0.15, -0.1) is 23.7 Å². The SMILES string of the molecule is CCCN(Cc1ccccc1)Cc1c(-c2ccc(OC)cc2)sc2c1c(=O)c(C(=O)OCC)cn2Cc1ccccc1OC.Cl. The van der Waals surface area contributed by atoms with Crippen molar-refractivity contribution in [1.82, 2.24) is 9.47 Å². The van der Waals surface area contributed by atoms with Crippen LogP contribution in [0.4, 0.5) is 0 Å². The van der Waals surface area contributed by atoms with Crippen LogP contribution in [0.3, 0.4) is 0 Å². The van der Waals surface area contributed by atoms with Crippen LogP contribution in [0.5, 0.6) is 11.5 Å². The zero-order chi connectivity index (χ0) is 31.1. The fraction of sp³-hybridized carbons (Fsp3) is 0.278. The molecule has 0 aliphatic carbocycles. The molecule has 0 spiro atoms. The summed E-state index contributed by atoms with van der Waals surface area (Å²) in [5.41, 5.74) is 3.75. The summed E-state index contributed by atoms with van der Waals surface area (Å²) in [5, 5.41) is 0.551. The fourth-order valence-electron chi connectivity index (χ4n) is 5.51. The molecule has 0 unspecified atom stereocenters. The molecule has 3 aromatic carbocycles. The molecule has 0 saturated heterocycles. The Kier molecular flexibility index (Phi) is 11.8. The van der Waals surface area contributed by atoms with Gasteiger partial charge in [-0.05, 0) is 66.9 Å². The van der Waals surface area contributed by atoms with Gasteiger partial charge in [-0.2, -0.15) is 0 Å². The molecular weight excluding hydrogens is 608 g/mol. The molecule has 0 saturated carbocycles. The lowest BCUT2D eigenvalue weighted by molar-refractivity contribution is 0.0524. The summed E-state index contributed by atoms with van der Waals surface area (Å²) in [7, 11) is 3.29. The third kappa shape index (κ3) is 7.59. The van der Waals surface area contributed by atoms with E-state index in [2.05, 4.69) is 24.0 Å². The maximum absolute atomic E-state index is 14.3. The van der Waals surface area contributed by atoms with Gasteiger partial charge in [0.1, 0.15) is 21.9 Å². The van der Waals surface area contributed by atoms with E-state index in [0.29, 0.717) is 18.5 Å². The summed E-state index contributed by atoms with van der Waals surface area (Å²) in [6, 6.07) is 26.1. The van der Waals surface area contributed by atoms with E-state index >= 15 is 0 Å². The molecule has 0 amide bonds. The maximum Gasteiger partial charge on any atom is 0.343 e. The van der Waals surface area contributed by atoms with Crippen LogP contribution in [0.25, 0.3) is 20.7 Å². The second-order valence-electron chi connectivity index (χ2n) is 10.5. The van der Waals surface area contributed by atoms with Crippen LogP contribution >= 0.6 is 23.7 Å². The predicted molar refractivity (Wildman–Crippen MR) is 184 cm³/mol. The number of hydrogen-bond acceptors (Lipinski definition) is 7. The molecule has 7 nitrogen and oxygen atoms in total. The Morgan fingerprint density at radius 1 is 0.889 bits per heavy atom. The fourth-order valence-corrected chi connectivity index (χ4v) is 6.80. The summed E-state index contributed by atoms with van der Waals surface area (Å²) in [6.45, 7) is 6.62. The van der Waals surface area contributed by atoms with Crippen molar-refractivity contribution in [2.75, 3.05) is 27.4 Å². The summed E-state index contributed by atoms with van der Waals surface area (Å²) in [5.74, 6) is 0.876. The average molecular weight is 647 g/mol. The number of carbonyl (C=O) groups excluding carboxylic acids is 1. The van der Waals surface area contributed by atoms with Crippen LogP contribution in [0.2, 0.25) is 0 Å². The summed E-state index contributed by atoms with van der Waals surface area (Å²) < 4.78 is 18.4. The minimum Gasteiger partial charge on any atom is -0.497 e. The van der Waals surface area contributed by atoms with Gasteiger partial charge in [0, 0.05) is 29.7 Å². The van der Waals surface area contributed by atoms with Crippen LogP contribution in [0, 0.1) is 0 Å². The average Bonchev–Trinajstić information content (AvgIpc) is 3.43. The second-order valence-corrected chi connectivity index (χ2v) is 11.5. The number of carbonyl (C=O) groups is 1. The van der Waals surface area contributed by atoms with E-state index in [1.807, 2.05) is 71.3 Å². The van der Waals surface area contributed by atoms with Gasteiger partial charge in [0.05, 0.1) is 32.8 Å². The highest BCUT2D eigenvalue weighted by atomic mass is 35.5. The molecule has 0 atom stereocenters. The predicted octanol–water partition coefficient (Wildman–Crippen LogP) is 7.81. The molecule has 2 heterocycles. The first kappa shape index (κ1) is 33.8. The zero-order valence-electron chi connectivity index (χ0n) is 26.1. The number of para-hydroxylation sites is 1. The number of halogens is 1. The molecule has 0 aliphatic heterocycles. The largest absolute Gasteiger partial charge is 0.497 e. The van der Waals surface area contributed by atoms with Crippen molar-refractivity contribution in [3.8, 4) is 21.9 Å². The smallest absolute Gasteiger partial charge is 0.343 e. The molecule has 5 aromatic rings. The minimum absolute atomic E-state index is 0. The zero-order valence-corrected chi connectivity index (χ0v) is 27.7. The number of nitrogens with zero attached hydrogens (tertiary/aromatic N) is 2. The van der Waals surface area contributed by atoms with E-state index in [1.165, 1.54) is 5.56 Å². The second kappa shape index (κ2) is 15.8. The van der Waals surface area contributed by atoms with E-state index in [0.717, 1.165) is 57.4 Å². The number of rotatable bonds is 13. The van der Waals surface area contributed by atoms with E-state index in [-0.39, 0.29) is 30.0 Å². The molecule has 0 aliphatic rings. The van der Waals surface area contributed by atoms with Crippen LogP contribution in [-0.2, 0) is 24.4 Å². The lowest BCUT2D eigenvalue weighted by Crippen LogP contribution is -2.25. The van der Waals surface area contributed by atoms with Crippen molar-refractivity contribution in [3.63, 3.8) is 0 Å². The Labute approximate surface area is 274 Å². The Balaban J connectivity index is 0.00000461. The number of aromatic nitrogens is 1. The lowest BCUT2D eigenvalue weighted by atomic mass is 10.0. The van der Waals surface area contributed by atoms with Crippen LogP contribution in [0.15, 0.2) is 89.9 Å². The van der Waals surface area contributed by atoms with E-state index in [4.69, 9.17) is 14.2 Å². The van der Waals surface area contributed by atoms with E-state index < -0.39 is 5.97 Å².